The van der Waals surface area contributed by atoms with E-state index in [1.807, 2.05) is 12.1 Å². The minimum Gasteiger partial charge on any atom is -0.508 e. The molecule has 0 bridgehead atoms. The fourth-order valence-corrected chi connectivity index (χ4v) is 2.85. The van der Waals surface area contributed by atoms with Gasteiger partial charge in [0, 0.05) is 24.4 Å². The highest BCUT2D eigenvalue weighted by atomic mass is 35.5. The van der Waals surface area contributed by atoms with E-state index in [9.17, 15) is 9.90 Å². The largest absolute Gasteiger partial charge is 0.508 e. The lowest BCUT2D eigenvalue weighted by Crippen LogP contribution is -2.37. The number of amides is 2. The van der Waals surface area contributed by atoms with Crippen molar-refractivity contribution in [3.05, 3.63) is 52.5 Å². The molecule has 0 aromatic heterocycles. The molecule has 1 aliphatic rings. The molecule has 25 heavy (non-hydrogen) atoms. The van der Waals surface area contributed by atoms with Crippen LogP contribution in [-0.2, 0) is 6.61 Å². The highest BCUT2D eigenvalue weighted by Gasteiger charge is 2.27. The van der Waals surface area contributed by atoms with Gasteiger partial charge in [0.2, 0.25) is 0 Å². The smallest absolute Gasteiger partial charge is 0.335 e. The molecular formula is C18H20ClN3O3. The first kappa shape index (κ1) is 17.4. The van der Waals surface area contributed by atoms with E-state index in [1.54, 1.807) is 6.07 Å². The normalized spacial score (nSPS) is 13.4. The molecule has 2 aromatic carbocycles. The molecule has 1 saturated carbocycles. The Balaban J connectivity index is 1.86. The summed E-state index contributed by atoms with van der Waals surface area (Å²) in [6, 6.07) is 9.94. The maximum Gasteiger partial charge on any atom is 0.335 e. The Morgan fingerprint density at radius 1 is 1.40 bits per heavy atom. The van der Waals surface area contributed by atoms with Crippen LogP contribution in [0, 0.1) is 0 Å². The van der Waals surface area contributed by atoms with Gasteiger partial charge in [-0.2, -0.15) is 0 Å². The Labute approximate surface area is 151 Å². The number of carbonyl (C=O) groups is 1. The predicted octanol–water partition coefficient (Wildman–Crippen LogP) is 3.84. The molecule has 0 atom stereocenters. The minimum absolute atomic E-state index is 0.0784. The van der Waals surface area contributed by atoms with Crippen molar-refractivity contribution in [2.24, 2.45) is 5.84 Å². The van der Waals surface area contributed by atoms with E-state index >= 15 is 0 Å². The van der Waals surface area contributed by atoms with Crippen LogP contribution in [-0.4, -0.2) is 23.2 Å². The number of hydrogen-bond donors (Lipinski definition) is 3. The topological polar surface area (TPSA) is 87.8 Å². The molecule has 0 unspecified atom stereocenters. The third kappa shape index (κ3) is 4.15. The van der Waals surface area contributed by atoms with E-state index in [1.165, 1.54) is 19.2 Å². The summed E-state index contributed by atoms with van der Waals surface area (Å²) in [6.45, 7) is 0.251. The summed E-state index contributed by atoms with van der Waals surface area (Å²) in [4.78, 5) is 11.9. The molecule has 0 aliphatic heterocycles. The van der Waals surface area contributed by atoms with Gasteiger partial charge in [0.25, 0.3) is 0 Å². The maximum absolute atomic E-state index is 11.9. The first-order valence-electron chi connectivity index (χ1n) is 7.98. The standard InChI is InChI=1S/C18H20ClN3O3/c1-22(20)18(24)21-16-4-2-3-13(11-5-6-11)14(16)10-25-17-8-7-12(23)9-15(17)19/h2-4,7-9,11,23H,5-6,10,20H2,1H3,(H,21,24). The first-order chi connectivity index (χ1) is 12.0. The number of phenols is 1. The quantitative estimate of drug-likeness (QED) is 0.429. The summed E-state index contributed by atoms with van der Waals surface area (Å²) in [5, 5.41) is 13.6. The summed E-state index contributed by atoms with van der Waals surface area (Å²) in [5.74, 6) is 6.53. The van der Waals surface area contributed by atoms with Crippen LogP contribution in [0.1, 0.15) is 29.9 Å². The second-order valence-corrected chi connectivity index (χ2v) is 6.50. The molecule has 1 aliphatic carbocycles. The number of rotatable bonds is 5. The van der Waals surface area contributed by atoms with Crippen molar-refractivity contribution in [1.29, 1.82) is 0 Å². The average Bonchev–Trinajstić information content (AvgIpc) is 3.39. The van der Waals surface area contributed by atoms with Gasteiger partial charge in [-0.05, 0) is 42.5 Å². The maximum atomic E-state index is 11.9. The van der Waals surface area contributed by atoms with Crippen molar-refractivity contribution in [2.75, 3.05) is 12.4 Å². The molecule has 2 amide bonds. The number of nitrogens with one attached hydrogen (secondary N) is 1. The zero-order valence-electron chi connectivity index (χ0n) is 13.8. The number of hydrogen-bond acceptors (Lipinski definition) is 4. The van der Waals surface area contributed by atoms with Crippen molar-refractivity contribution in [1.82, 2.24) is 5.01 Å². The minimum atomic E-state index is -0.406. The van der Waals surface area contributed by atoms with Crippen LogP contribution < -0.4 is 15.9 Å². The van der Waals surface area contributed by atoms with Gasteiger partial charge in [-0.3, -0.25) is 5.01 Å². The monoisotopic (exact) mass is 361 g/mol. The lowest BCUT2D eigenvalue weighted by molar-refractivity contribution is 0.223. The van der Waals surface area contributed by atoms with E-state index in [4.69, 9.17) is 22.2 Å². The molecule has 7 heteroatoms. The van der Waals surface area contributed by atoms with Gasteiger partial charge in [-0.15, -0.1) is 0 Å². The zero-order valence-corrected chi connectivity index (χ0v) is 14.6. The van der Waals surface area contributed by atoms with Gasteiger partial charge in [0.1, 0.15) is 18.1 Å². The van der Waals surface area contributed by atoms with Crippen molar-refractivity contribution in [3.63, 3.8) is 0 Å². The highest BCUT2D eigenvalue weighted by Crippen LogP contribution is 2.43. The molecule has 0 heterocycles. The Hall–Kier alpha value is -2.44. The molecule has 0 radical (unpaired) electrons. The molecule has 1 fully saturated rings. The van der Waals surface area contributed by atoms with Crippen molar-refractivity contribution < 1.29 is 14.6 Å². The van der Waals surface area contributed by atoms with E-state index in [-0.39, 0.29) is 12.4 Å². The molecule has 132 valence electrons. The lowest BCUT2D eigenvalue weighted by Gasteiger charge is -2.18. The van der Waals surface area contributed by atoms with Crippen molar-refractivity contribution in [3.8, 4) is 11.5 Å². The van der Waals surface area contributed by atoms with Crippen LogP contribution in [0.15, 0.2) is 36.4 Å². The Morgan fingerprint density at radius 2 is 2.16 bits per heavy atom. The number of aromatic hydroxyl groups is 1. The number of nitrogens with zero attached hydrogens (tertiary/aromatic N) is 1. The molecule has 2 aromatic rings. The van der Waals surface area contributed by atoms with Crippen LogP contribution in [0.4, 0.5) is 10.5 Å². The number of benzene rings is 2. The SMILES string of the molecule is CN(N)C(=O)Nc1cccc(C2CC2)c1COc1ccc(O)cc1Cl. The summed E-state index contributed by atoms with van der Waals surface area (Å²) < 4.78 is 5.84. The number of nitrogens with two attached hydrogens (primary N) is 1. The van der Waals surface area contributed by atoms with Crippen molar-refractivity contribution >= 4 is 23.3 Å². The molecule has 3 rings (SSSR count). The second kappa shape index (κ2) is 7.21. The fourth-order valence-electron chi connectivity index (χ4n) is 2.62. The summed E-state index contributed by atoms with van der Waals surface area (Å²) in [6.07, 6.45) is 2.25. The van der Waals surface area contributed by atoms with Crippen LogP contribution in [0.2, 0.25) is 5.02 Å². The lowest BCUT2D eigenvalue weighted by atomic mass is 10.0. The summed E-state index contributed by atoms with van der Waals surface area (Å²) >= 11 is 6.10. The summed E-state index contributed by atoms with van der Waals surface area (Å²) in [7, 11) is 1.48. The number of anilines is 1. The van der Waals surface area contributed by atoms with Crippen LogP contribution in [0.3, 0.4) is 0 Å². The van der Waals surface area contributed by atoms with Gasteiger partial charge in [0.05, 0.1) is 5.02 Å². The van der Waals surface area contributed by atoms with E-state index < -0.39 is 6.03 Å². The number of halogens is 1. The van der Waals surface area contributed by atoms with Crippen LogP contribution in [0.5, 0.6) is 11.5 Å². The first-order valence-corrected chi connectivity index (χ1v) is 8.36. The number of carbonyl (C=O) groups excluding carboxylic acids is 1. The second-order valence-electron chi connectivity index (χ2n) is 6.09. The Bertz CT molecular complexity index is 791. The van der Waals surface area contributed by atoms with Crippen molar-refractivity contribution in [2.45, 2.75) is 25.4 Å². The third-order valence-electron chi connectivity index (χ3n) is 4.08. The van der Waals surface area contributed by atoms with Gasteiger partial charge in [0.15, 0.2) is 0 Å². The number of phenolic OH excluding ortho intramolecular Hbond substituents is 1. The fraction of sp³-hybridized carbons (Fsp3) is 0.278. The van der Waals surface area contributed by atoms with Crippen LogP contribution >= 0.6 is 11.6 Å². The molecule has 0 spiro atoms. The Kier molecular flexibility index (Phi) is 5.01. The highest BCUT2D eigenvalue weighted by molar-refractivity contribution is 6.32. The van der Waals surface area contributed by atoms with Gasteiger partial charge in [-0.1, -0.05) is 23.7 Å². The summed E-state index contributed by atoms with van der Waals surface area (Å²) in [5.41, 5.74) is 2.73. The molecular weight excluding hydrogens is 342 g/mol. The van der Waals surface area contributed by atoms with Gasteiger partial charge in [-0.25, -0.2) is 10.6 Å². The molecule has 0 saturated heterocycles. The van der Waals surface area contributed by atoms with E-state index in [0.717, 1.165) is 29.0 Å². The van der Waals surface area contributed by atoms with Gasteiger partial charge >= 0.3 is 6.03 Å². The number of ether oxygens (including phenoxy) is 1. The van der Waals surface area contributed by atoms with E-state index in [2.05, 4.69) is 11.4 Å². The van der Waals surface area contributed by atoms with E-state index in [0.29, 0.717) is 22.4 Å². The predicted molar refractivity (Wildman–Crippen MR) is 96.8 cm³/mol. The van der Waals surface area contributed by atoms with Gasteiger partial charge < -0.3 is 15.2 Å². The number of hydrazine groups is 1. The Morgan fingerprint density at radius 3 is 2.80 bits per heavy atom. The number of urea groups is 1. The third-order valence-corrected chi connectivity index (χ3v) is 4.37. The zero-order chi connectivity index (χ0) is 18.0. The molecule has 6 nitrogen and oxygen atoms in total. The average molecular weight is 362 g/mol. The van der Waals surface area contributed by atoms with Crippen LogP contribution in [0.25, 0.3) is 0 Å². The molecule has 4 N–H and O–H groups in total.